The van der Waals surface area contributed by atoms with Crippen LogP contribution in [0.3, 0.4) is 0 Å². The Labute approximate surface area is 225 Å². The number of halogens is 2. The van der Waals surface area contributed by atoms with Gasteiger partial charge in [0.25, 0.3) is 0 Å². The first-order chi connectivity index (χ1) is 18.5. The SMILES string of the molecule is CCOC(=O)c1c(C#N)c(-c2ccc(Oc3c(F)cccc3F)cc2)cn1C1CCN(C(=O)OC(C)(C)C)C1. The minimum atomic E-state index is -0.834. The molecule has 204 valence electrons. The van der Waals surface area contributed by atoms with Gasteiger partial charge in [0.15, 0.2) is 17.4 Å². The zero-order chi connectivity index (χ0) is 28.3. The number of amides is 1. The van der Waals surface area contributed by atoms with Crippen molar-refractivity contribution in [3.8, 4) is 28.7 Å². The first kappa shape index (κ1) is 27.6. The number of carbonyl (C=O) groups excluding carboxylic acids is 2. The van der Waals surface area contributed by atoms with Crippen LogP contribution in [0.5, 0.6) is 11.5 Å². The fourth-order valence-electron chi connectivity index (χ4n) is 4.41. The highest BCUT2D eigenvalue weighted by molar-refractivity contribution is 5.94. The molecule has 0 saturated carbocycles. The average Bonchev–Trinajstić information content (AvgIpc) is 3.51. The van der Waals surface area contributed by atoms with Gasteiger partial charge in [-0.3, -0.25) is 0 Å². The van der Waals surface area contributed by atoms with E-state index in [9.17, 15) is 23.6 Å². The summed E-state index contributed by atoms with van der Waals surface area (Å²) in [6.07, 6.45) is 1.80. The van der Waals surface area contributed by atoms with Crippen molar-refractivity contribution in [1.82, 2.24) is 9.47 Å². The van der Waals surface area contributed by atoms with Crippen LogP contribution in [0.25, 0.3) is 11.1 Å². The van der Waals surface area contributed by atoms with E-state index in [1.807, 2.05) is 0 Å². The number of para-hydroxylation sites is 1. The number of aromatic nitrogens is 1. The van der Waals surface area contributed by atoms with Crippen molar-refractivity contribution in [2.24, 2.45) is 0 Å². The maximum absolute atomic E-state index is 14.0. The summed E-state index contributed by atoms with van der Waals surface area (Å²) in [5.41, 5.74) is 0.629. The zero-order valence-electron chi connectivity index (χ0n) is 22.2. The van der Waals surface area contributed by atoms with Crippen LogP contribution < -0.4 is 4.74 Å². The van der Waals surface area contributed by atoms with Crippen molar-refractivity contribution < 1.29 is 32.6 Å². The highest BCUT2D eigenvalue weighted by Gasteiger charge is 2.34. The molecule has 4 rings (SSSR count). The first-order valence-electron chi connectivity index (χ1n) is 12.5. The van der Waals surface area contributed by atoms with E-state index in [0.717, 1.165) is 12.1 Å². The molecule has 0 aliphatic carbocycles. The van der Waals surface area contributed by atoms with Gasteiger partial charge in [0, 0.05) is 24.8 Å². The molecule has 39 heavy (non-hydrogen) atoms. The van der Waals surface area contributed by atoms with E-state index in [-0.39, 0.29) is 29.7 Å². The van der Waals surface area contributed by atoms with Gasteiger partial charge < -0.3 is 23.7 Å². The molecule has 0 N–H and O–H groups in total. The van der Waals surface area contributed by atoms with Gasteiger partial charge in [0.2, 0.25) is 0 Å². The highest BCUT2D eigenvalue weighted by Crippen LogP contribution is 2.35. The van der Waals surface area contributed by atoms with Crippen LogP contribution in [0, 0.1) is 23.0 Å². The molecule has 1 amide bonds. The normalized spacial score (nSPS) is 15.1. The number of carbonyl (C=O) groups is 2. The second-order valence-corrected chi connectivity index (χ2v) is 10.1. The molecule has 10 heteroatoms. The number of hydrogen-bond acceptors (Lipinski definition) is 6. The molecule has 0 radical (unpaired) electrons. The van der Waals surface area contributed by atoms with Crippen molar-refractivity contribution in [3.63, 3.8) is 0 Å². The van der Waals surface area contributed by atoms with E-state index in [1.54, 1.807) is 55.5 Å². The lowest BCUT2D eigenvalue weighted by molar-refractivity contribution is 0.0289. The topological polar surface area (TPSA) is 93.8 Å². The number of esters is 1. The third kappa shape index (κ3) is 6.03. The number of hydrogen-bond donors (Lipinski definition) is 0. The number of nitrogens with zero attached hydrogens (tertiary/aromatic N) is 3. The summed E-state index contributed by atoms with van der Waals surface area (Å²) < 4.78 is 45.8. The number of likely N-dealkylation sites (tertiary alicyclic amines) is 1. The molecule has 1 aliphatic rings. The summed E-state index contributed by atoms with van der Waals surface area (Å²) in [5, 5.41) is 10.0. The molecule has 0 spiro atoms. The zero-order valence-corrected chi connectivity index (χ0v) is 22.2. The van der Waals surface area contributed by atoms with Crippen molar-refractivity contribution in [2.75, 3.05) is 19.7 Å². The van der Waals surface area contributed by atoms with E-state index in [2.05, 4.69) is 6.07 Å². The number of rotatable bonds is 6. The Bertz CT molecular complexity index is 1400. The van der Waals surface area contributed by atoms with Crippen LogP contribution in [0.1, 0.15) is 56.2 Å². The summed E-state index contributed by atoms with van der Waals surface area (Å²) in [5.74, 6) is -2.64. The molecular weight excluding hydrogens is 508 g/mol. The van der Waals surface area contributed by atoms with Crippen LogP contribution in [0.2, 0.25) is 0 Å². The predicted molar refractivity (Wildman–Crippen MR) is 138 cm³/mol. The third-order valence-corrected chi connectivity index (χ3v) is 6.13. The monoisotopic (exact) mass is 537 g/mol. The van der Waals surface area contributed by atoms with E-state index in [4.69, 9.17) is 14.2 Å². The van der Waals surface area contributed by atoms with Crippen LogP contribution in [0.15, 0.2) is 48.7 Å². The Morgan fingerprint density at radius 3 is 2.36 bits per heavy atom. The van der Waals surface area contributed by atoms with Crippen molar-refractivity contribution >= 4 is 12.1 Å². The molecule has 1 fully saturated rings. The average molecular weight is 538 g/mol. The Hall–Kier alpha value is -4.39. The van der Waals surface area contributed by atoms with Gasteiger partial charge in [-0.1, -0.05) is 18.2 Å². The van der Waals surface area contributed by atoms with Gasteiger partial charge in [0.05, 0.1) is 18.2 Å². The third-order valence-electron chi connectivity index (χ3n) is 6.13. The molecule has 1 aromatic heterocycles. The van der Waals surface area contributed by atoms with Crippen LogP contribution in [0.4, 0.5) is 13.6 Å². The summed E-state index contributed by atoms with van der Waals surface area (Å²) in [6.45, 7) is 7.89. The number of benzene rings is 2. The quantitative estimate of drug-likeness (QED) is 0.335. The van der Waals surface area contributed by atoms with E-state index >= 15 is 0 Å². The Balaban J connectivity index is 1.66. The maximum atomic E-state index is 14.0. The van der Waals surface area contributed by atoms with E-state index in [0.29, 0.717) is 30.6 Å². The maximum Gasteiger partial charge on any atom is 0.410 e. The second kappa shape index (κ2) is 11.2. The standard InChI is InChI=1S/C29H29F2N3O5/c1-5-37-27(35)25-21(15-32)22(17-34(25)19-13-14-33(16-19)28(36)39-29(2,3)4)18-9-11-20(12-10-18)38-26-23(30)7-6-8-24(26)31/h6-12,17,19H,5,13-14,16H2,1-4H3. The molecule has 3 aromatic rings. The molecule has 1 atom stereocenters. The molecule has 8 nitrogen and oxygen atoms in total. The molecule has 1 aliphatic heterocycles. The molecule has 2 aromatic carbocycles. The smallest absolute Gasteiger partial charge is 0.410 e. The Kier molecular flexibility index (Phi) is 7.90. The van der Waals surface area contributed by atoms with E-state index < -0.39 is 35.0 Å². The van der Waals surface area contributed by atoms with Gasteiger partial charge in [-0.2, -0.15) is 5.26 Å². The highest BCUT2D eigenvalue weighted by atomic mass is 19.1. The fraction of sp³-hybridized carbons (Fsp3) is 0.345. The van der Waals surface area contributed by atoms with E-state index in [1.165, 1.54) is 18.2 Å². The lowest BCUT2D eigenvalue weighted by atomic mass is 10.0. The lowest BCUT2D eigenvalue weighted by Gasteiger charge is -2.24. The van der Waals surface area contributed by atoms with Crippen molar-refractivity contribution in [2.45, 2.75) is 45.8 Å². The molecular formula is C29H29F2N3O5. The number of ether oxygens (including phenoxy) is 3. The summed E-state index contributed by atoms with van der Waals surface area (Å²) in [7, 11) is 0. The van der Waals surface area contributed by atoms with Crippen LogP contribution in [-0.2, 0) is 9.47 Å². The fourth-order valence-corrected chi connectivity index (χ4v) is 4.41. The molecule has 1 unspecified atom stereocenters. The molecule has 2 heterocycles. The first-order valence-corrected chi connectivity index (χ1v) is 12.5. The van der Waals surface area contributed by atoms with Gasteiger partial charge in [-0.15, -0.1) is 0 Å². The predicted octanol–water partition coefficient (Wildman–Crippen LogP) is 6.46. The van der Waals surface area contributed by atoms with Crippen molar-refractivity contribution in [1.29, 1.82) is 5.26 Å². The Morgan fingerprint density at radius 2 is 1.77 bits per heavy atom. The summed E-state index contributed by atoms with van der Waals surface area (Å²) in [6, 6.07) is 11.6. The second-order valence-electron chi connectivity index (χ2n) is 10.1. The van der Waals surface area contributed by atoms with Gasteiger partial charge in [-0.05, 0) is 63.9 Å². The summed E-state index contributed by atoms with van der Waals surface area (Å²) >= 11 is 0. The molecule has 0 bridgehead atoms. The van der Waals surface area contributed by atoms with Gasteiger partial charge in [0.1, 0.15) is 23.1 Å². The summed E-state index contributed by atoms with van der Waals surface area (Å²) in [4.78, 5) is 27.2. The lowest BCUT2D eigenvalue weighted by Crippen LogP contribution is -2.35. The largest absolute Gasteiger partial charge is 0.461 e. The van der Waals surface area contributed by atoms with Crippen LogP contribution >= 0.6 is 0 Å². The van der Waals surface area contributed by atoms with Crippen LogP contribution in [-0.4, -0.2) is 46.8 Å². The van der Waals surface area contributed by atoms with Crippen molar-refractivity contribution in [3.05, 3.63) is 71.6 Å². The van der Waals surface area contributed by atoms with Gasteiger partial charge >= 0.3 is 12.1 Å². The Morgan fingerprint density at radius 1 is 1.10 bits per heavy atom. The minimum Gasteiger partial charge on any atom is -0.461 e. The minimum absolute atomic E-state index is 0.0964. The molecule has 1 saturated heterocycles. The van der Waals surface area contributed by atoms with Gasteiger partial charge in [-0.25, -0.2) is 18.4 Å². The number of nitriles is 1.